The van der Waals surface area contributed by atoms with Crippen LogP contribution in [0.2, 0.25) is 0 Å². The van der Waals surface area contributed by atoms with E-state index in [9.17, 15) is 13.2 Å². The Morgan fingerprint density at radius 3 is 2.62 bits per heavy atom. The van der Waals surface area contributed by atoms with Crippen LogP contribution in [0.5, 0.6) is 0 Å². The Kier molecular flexibility index (Phi) is 5.65. The van der Waals surface area contributed by atoms with Crippen LogP contribution in [0.25, 0.3) is 0 Å². The highest BCUT2D eigenvalue weighted by atomic mass is 32.2. The average Bonchev–Trinajstić information content (AvgIpc) is 3.30. The number of anilines is 1. The fraction of sp³-hybridized carbons (Fsp3) is 0.333. The zero-order valence-electron chi connectivity index (χ0n) is 16.1. The number of nitrogens with zero attached hydrogens (tertiary/aromatic N) is 1. The van der Waals surface area contributed by atoms with Crippen molar-refractivity contribution in [2.24, 2.45) is 4.99 Å². The second-order valence-corrected chi connectivity index (χ2v) is 10.3. The van der Waals surface area contributed by atoms with Gasteiger partial charge in [-0.3, -0.25) is 14.5 Å². The van der Waals surface area contributed by atoms with Crippen molar-refractivity contribution in [1.82, 2.24) is 4.72 Å². The number of thioether (sulfide) groups is 1. The third-order valence-electron chi connectivity index (χ3n) is 5.11. The summed E-state index contributed by atoms with van der Waals surface area (Å²) in [7, 11) is -3.62. The number of hydrogen-bond acceptors (Lipinski definition) is 5. The van der Waals surface area contributed by atoms with Crippen LogP contribution in [0.1, 0.15) is 38.2 Å². The molecule has 1 heterocycles. The molecule has 1 fully saturated rings. The minimum Gasteiger partial charge on any atom is -0.323 e. The summed E-state index contributed by atoms with van der Waals surface area (Å²) in [5, 5.41) is 3.55. The number of aliphatic imine (C=N–C) groups is 1. The lowest BCUT2D eigenvalue weighted by atomic mass is 10.2. The molecule has 29 heavy (non-hydrogen) atoms. The zero-order chi connectivity index (χ0) is 20.4. The molecular formula is C21H23N3O3S2. The van der Waals surface area contributed by atoms with Crippen LogP contribution < -0.4 is 10.0 Å². The van der Waals surface area contributed by atoms with Crippen LogP contribution in [0.4, 0.5) is 5.69 Å². The fourth-order valence-corrected chi connectivity index (χ4v) is 6.15. The van der Waals surface area contributed by atoms with Crippen LogP contribution >= 0.6 is 11.8 Å². The highest BCUT2D eigenvalue weighted by Gasteiger charge is 2.31. The molecule has 1 aliphatic heterocycles. The Hall–Kier alpha value is -2.32. The molecule has 0 radical (unpaired) electrons. The van der Waals surface area contributed by atoms with E-state index in [4.69, 9.17) is 0 Å². The molecule has 0 aromatic heterocycles. The molecule has 8 heteroatoms. The van der Waals surface area contributed by atoms with Gasteiger partial charge in [0.05, 0.1) is 10.6 Å². The fourth-order valence-electron chi connectivity index (χ4n) is 3.58. The quantitative estimate of drug-likeness (QED) is 0.757. The predicted molar refractivity (Wildman–Crippen MR) is 116 cm³/mol. The van der Waals surface area contributed by atoms with Gasteiger partial charge in [0.15, 0.2) is 0 Å². The Balaban J connectivity index is 1.51. The highest BCUT2D eigenvalue weighted by Crippen LogP contribution is 2.38. The number of carbonyl (C=O) groups is 1. The van der Waals surface area contributed by atoms with E-state index in [0.717, 1.165) is 10.6 Å². The number of sulfonamides is 1. The van der Waals surface area contributed by atoms with Gasteiger partial charge in [-0.15, -0.1) is 11.8 Å². The van der Waals surface area contributed by atoms with Crippen molar-refractivity contribution in [3.8, 4) is 0 Å². The molecule has 0 bridgehead atoms. The van der Waals surface area contributed by atoms with Crippen LogP contribution in [0.15, 0.2) is 63.3 Å². The van der Waals surface area contributed by atoms with Crippen molar-refractivity contribution in [1.29, 1.82) is 0 Å². The van der Waals surface area contributed by atoms with Gasteiger partial charge in [-0.05, 0) is 44.0 Å². The molecule has 0 spiro atoms. The second-order valence-electron chi connectivity index (χ2n) is 7.27. The van der Waals surface area contributed by atoms with Gasteiger partial charge in [-0.25, -0.2) is 8.42 Å². The van der Waals surface area contributed by atoms with Crippen LogP contribution in [-0.2, 0) is 14.8 Å². The van der Waals surface area contributed by atoms with Gasteiger partial charge >= 0.3 is 0 Å². The van der Waals surface area contributed by atoms with Crippen molar-refractivity contribution in [3.05, 3.63) is 54.1 Å². The van der Waals surface area contributed by atoms with Crippen molar-refractivity contribution in [2.45, 2.75) is 53.7 Å². The molecule has 1 atom stereocenters. The Morgan fingerprint density at radius 2 is 1.83 bits per heavy atom. The van der Waals surface area contributed by atoms with Gasteiger partial charge in [0.25, 0.3) is 10.0 Å². The molecule has 152 valence electrons. The Morgan fingerprint density at radius 1 is 1.14 bits per heavy atom. The second kappa shape index (κ2) is 8.20. The first-order valence-corrected chi connectivity index (χ1v) is 12.1. The maximum atomic E-state index is 12.8. The smallest absolute Gasteiger partial charge is 0.263 e. The Bertz CT molecular complexity index is 1060. The lowest BCUT2D eigenvalue weighted by Gasteiger charge is -2.15. The average molecular weight is 430 g/mol. The first-order chi connectivity index (χ1) is 13.9. The van der Waals surface area contributed by atoms with E-state index < -0.39 is 16.1 Å². The van der Waals surface area contributed by atoms with Crippen LogP contribution in [0, 0.1) is 0 Å². The molecule has 1 amide bonds. The summed E-state index contributed by atoms with van der Waals surface area (Å²) < 4.78 is 26.9. The molecular weight excluding hydrogens is 406 g/mol. The van der Waals surface area contributed by atoms with Crippen molar-refractivity contribution < 1.29 is 13.2 Å². The van der Waals surface area contributed by atoms with Gasteiger partial charge in [0.1, 0.15) is 11.9 Å². The van der Waals surface area contributed by atoms with E-state index in [-0.39, 0.29) is 16.6 Å². The third-order valence-corrected chi connectivity index (χ3v) is 7.92. The normalized spacial score (nSPS) is 20.2. The molecule has 0 saturated heterocycles. The first-order valence-electron chi connectivity index (χ1n) is 9.70. The molecule has 1 saturated carbocycles. The highest BCUT2D eigenvalue weighted by molar-refractivity contribution is 8.00. The zero-order valence-corrected chi connectivity index (χ0v) is 17.7. The standard InChI is InChI=1S/C21H23N3O3S2/c1-14(22-20-16-10-4-7-13-19(16)29(26,27)24-20)21(25)23-17-11-5-6-12-18(17)28-15-8-2-3-9-15/h4-7,10-15H,2-3,8-9H2,1H3,(H,22,24)(H,23,25)/t14-/m0/s1. The molecule has 0 unspecified atom stereocenters. The van der Waals surface area contributed by atoms with Gasteiger partial charge in [0.2, 0.25) is 5.91 Å². The maximum absolute atomic E-state index is 12.8. The van der Waals surface area contributed by atoms with E-state index in [1.807, 2.05) is 36.0 Å². The molecule has 2 aromatic carbocycles. The van der Waals surface area contributed by atoms with E-state index in [1.54, 1.807) is 25.1 Å². The number of fused-ring (bicyclic) bond motifs is 1. The first kappa shape index (κ1) is 20.0. The SMILES string of the molecule is C[C@H](N=C1NS(=O)(=O)c2ccccc21)C(=O)Nc1ccccc1SC1CCCC1. The number of benzene rings is 2. The summed E-state index contributed by atoms with van der Waals surface area (Å²) in [6, 6.07) is 13.7. The van der Waals surface area contributed by atoms with E-state index >= 15 is 0 Å². The lowest BCUT2D eigenvalue weighted by Crippen LogP contribution is -2.29. The number of amidine groups is 1. The monoisotopic (exact) mass is 429 g/mol. The van der Waals surface area contributed by atoms with Gasteiger partial charge < -0.3 is 5.32 Å². The topological polar surface area (TPSA) is 87.6 Å². The molecule has 2 aromatic rings. The molecule has 2 N–H and O–H groups in total. The largest absolute Gasteiger partial charge is 0.323 e. The minimum absolute atomic E-state index is 0.185. The van der Waals surface area contributed by atoms with E-state index in [1.165, 1.54) is 31.7 Å². The summed E-state index contributed by atoms with van der Waals surface area (Å²) in [6.07, 6.45) is 4.93. The number of carbonyl (C=O) groups excluding carboxylic acids is 1. The summed E-state index contributed by atoms with van der Waals surface area (Å²) in [6.45, 7) is 1.66. The molecule has 6 nitrogen and oxygen atoms in total. The summed E-state index contributed by atoms with van der Waals surface area (Å²) in [4.78, 5) is 18.3. The maximum Gasteiger partial charge on any atom is 0.263 e. The predicted octanol–water partition coefficient (Wildman–Crippen LogP) is 3.79. The van der Waals surface area contributed by atoms with Gasteiger partial charge in [0, 0.05) is 15.7 Å². The van der Waals surface area contributed by atoms with Gasteiger partial charge in [-0.1, -0.05) is 37.1 Å². The molecule has 2 aliphatic rings. The van der Waals surface area contributed by atoms with E-state index in [0.29, 0.717) is 10.8 Å². The number of amides is 1. The van der Waals surface area contributed by atoms with Crippen molar-refractivity contribution in [2.75, 3.05) is 5.32 Å². The minimum atomic E-state index is -3.62. The van der Waals surface area contributed by atoms with Crippen molar-refractivity contribution >= 4 is 39.2 Å². The molecule has 1 aliphatic carbocycles. The van der Waals surface area contributed by atoms with Gasteiger partial charge in [-0.2, -0.15) is 0 Å². The number of para-hydroxylation sites is 1. The Labute approximate surface area is 175 Å². The molecule has 4 rings (SSSR count). The number of hydrogen-bond donors (Lipinski definition) is 2. The lowest BCUT2D eigenvalue weighted by molar-refractivity contribution is -0.117. The number of rotatable bonds is 5. The number of nitrogens with one attached hydrogen (secondary N) is 2. The summed E-state index contributed by atoms with van der Waals surface area (Å²) in [5.41, 5.74) is 1.26. The van der Waals surface area contributed by atoms with Crippen LogP contribution in [0.3, 0.4) is 0 Å². The third kappa shape index (κ3) is 4.33. The van der Waals surface area contributed by atoms with E-state index in [2.05, 4.69) is 15.0 Å². The summed E-state index contributed by atoms with van der Waals surface area (Å²) in [5.74, 6) is -0.0718. The van der Waals surface area contributed by atoms with Crippen LogP contribution in [-0.4, -0.2) is 31.5 Å². The summed E-state index contributed by atoms with van der Waals surface area (Å²) >= 11 is 1.81. The van der Waals surface area contributed by atoms with Crippen molar-refractivity contribution in [3.63, 3.8) is 0 Å².